The first-order valence-corrected chi connectivity index (χ1v) is 11.3. The Bertz CT molecular complexity index is 1600. The second kappa shape index (κ2) is 7.24. The molecule has 0 fully saturated rings. The van der Waals surface area contributed by atoms with Crippen LogP contribution in [-0.4, -0.2) is 20.4 Å². The van der Waals surface area contributed by atoms with Crippen LogP contribution in [-0.2, 0) is 0 Å². The smallest absolute Gasteiger partial charge is 0.227 e. The van der Waals surface area contributed by atoms with E-state index in [1.807, 2.05) is 18.3 Å². The molecule has 0 spiro atoms. The molecule has 0 atom stereocenters. The predicted molar refractivity (Wildman–Crippen MR) is 135 cm³/mol. The Morgan fingerprint density at radius 1 is 0.727 bits per heavy atom. The molecule has 0 saturated heterocycles. The summed E-state index contributed by atoms with van der Waals surface area (Å²) in [5.41, 5.74) is 9.14. The number of rotatable bonds is 3. The van der Waals surface area contributed by atoms with E-state index in [0.717, 1.165) is 38.9 Å². The van der Waals surface area contributed by atoms with Crippen LogP contribution >= 0.6 is 0 Å². The van der Waals surface area contributed by atoms with Gasteiger partial charge in [0.25, 0.3) is 0 Å². The Morgan fingerprint density at radius 3 is 1.76 bits per heavy atom. The average molecular weight is 432 g/mol. The maximum Gasteiger partial charge on any atom is 0.227 e. The van der Waals surface area contributed by atoms with Crippen molar-refractivity contribution in [3.63, 3.8) is 0 Å². The van der Waals surface area contributed by atoms with Crippen LogP contribution in [0.15, 0.2) is 79.0 Å². The number of aromatic nitrogens is 3. The number of para-hydroxylation sites is 3. The van der Waals surface area contributed by atoms with Crippen LogP contribution in [0.5, 0.6) is 0 Å². The molecule has 0 saturated carbocycles. The third-order valence-electron chi connectivity index (χ3n) is 6.86. The first kappa shape index (κ1) is 19.6. The third kappa shape index (κ3) is 2.87. The second-order valence-electron chi connectivity index (χ2n) is 8.84. The number of hydrogen-bond donors (Lipinski definition) is 2. The Labute approximate surface area is 191 Å². The normalized spacial score (nSPS) is 11.9. The number of H-pyrrole nitrogens is 2. The minimum absolute atomic E-state index is 0.0162. The van der Waals surface area contributed by atoms with E-state index in [9.17, 15) is 4.79 Å². The highest BCUT2D eigenvalue weighted by atomic mass is 16.1. The number of aryl methyl sites for hydroxylation is 2. The molecule has 2 N–H and O–H groups in total. The number of carbonyl (C=O) groups is 1. The van der Waals surface area contributed by atoms with Crippen molar-refractivity contribution in [2.75, 3.05) is 0 Å². The fourth-order valence-electron chi connectivity index (χ4n) is 5.49. The molecule has 0 unspecified atom stereocenters. The van der Waals surface area contributed by atoms with E-state index in [-0.39, 0.29) is 11.8 Å². The first-order valence-electron chi connectivity index (χ1n) is 11.3. The first-order chi connectivity index (χ1) is 16.0. The van der Waals surface area contributed by atoms with Crippen LogP contribution in [0.3, 0.4) is 0 Å². The second-order valence-corrected chi connectivity index (χ2v) is 8.84. The lowest BCUT2D eigenvalue weighted by atomic mass is 9.82. The van der Waals surface area contributed by atoms with Crippen LogP contribution in [0, 0.1) is 13.8 Å². The van der Waals surface area contributed by atoms with Crippen molar-refractivity contribution in [1.29, 1.82) is 0 Å². The van der Waals surface area contributed by atoms with Crippen LogP contribution in [0.25, 0.3) is 32.7 Å². The lowest BCUT2D eigenvalue weighted by molar-refractivity contribution is 0.0941. The van der Waals surface area contributed by atoms with Crippen molar-refractivity contribution in [3.8, 4) is 0 Å². The predicted octanol–water partition coefficient (Wildman–Crippen LogP) is 7.06. The molecule has 3 aromatic heterocycles. The number of hydrogen-bond acceptors (Lipinski definition) is 1. The molecule has 162 valence electrons. The highest BCUT2D eigenvalue weighted by Crippen LogP contribution is 2.45. The SMILES string of the molecule is CC(=O)n1cc(C(c2c(C)[nH]c3ccccc23)c2c(C)[nH]c3ccccc23)c2ccccc21. The van der Waals surface area contributed by atoms with E-state index in [4.69, 9.17) is 0 Å². The average Bonchev–Trinajstić information content (AvgIpc) is 3.46. The summed E-state index contributed by atoms with van der Waals surface area (Å²) in [6, 6.07) is 25.2. The van der Waals surface area contributed by atoms with Gasteiger partial charge >= 0.3 is 0 Å². The molecule has 6 aromatic rings. The van der Waals surface area contributed by atoms with Crippen LogP contribution < -0.4 is 0 Å². The number of nitrogens with zero attached hydrogens (tertiary/aromatic N) is 1. The van der Waals surface area contributed by atoms with Gasteiger partial charge in [-0.25, -0.2) is 0 Å². The highest BCUT2D eigenvalue weighted by Gasteiger charge is 2.30. The van der Waals surface area contributed by atoms with Gasteiger partial charge < -0.3 is 9.97 Å². The summed E-state index contributed by atoms with van der Waals surface area (Å²) in [5, 5.41) is 3.53. The summed E-state index contributed by atoms with van der Waals surface area (Å²) >= 11 is 0. The standard InChI is InChI=1S/C29H25N3O/c1-17-27(21-11-4-7-13-24(21)30-17)29(28-18(2)31-25-14-8-5-12-22(25)28)23-16-32(19(3)33)26-15-9-6-10-20(23)26/h4-16,29-31H,1-3H3. The van der Waals surface area contributed by atoms with Gasteiger partial charge in [0.2, 0.25) is 5.91 Å². The molecular formula is C29H25N3O. The van der Waals surface area contributed by atoms with E-state index >= 15 is 0 Å². The number of carbonyl (C=O) groups excluding carboxylic acids is 1. The molecule has 0 aliphatic rings. The minimum atomic E-state index is -0.0391. The van der Waals surface area contributed by atoms with E-state index in [2.05, 4.69) is 84.5 Å². The summed E-state index contributed by atoms with van der Waals surface area (Å²) < 4.78 is 1.78. The summed E-state index contributed by atoms with van der Waals surface area (Å²) in [5.74, 6) is -0.0229. The molecule has 4 heteroatoms. The van der Waals surface area contributed by atoms with Gasteiger partial charge in [0.1, 0.15) is 0 Å². The Hall–Kier alpha value is -4.05. The van der Waals surface area contributed by atoms with Crippen molar-refractivity contribution < 1.29 is 4.79 Å². The van der Waals surface area contributed by atoms with Gasteiger partial charge in [-0.05, 0) is 48.7 Å². The molecule has 0 radical (unpaired) electrons. The van der Waals surface area contributed by atoms with Crippen molar-refractivity contribution in [3.05, 3.63) is 107 Å². The van der Waals surface area contributed by atoms with Crippen LogP contribution in [0.2, 0.25) is 0 Å². The van der Waals surface area contributed by atoms with Gasteiger partial charge in [-0.2, -0.15) is 0 Å². The summed E-state index contributed by atoms with van der Waals surface area (Å²) in [6.45, 7) is 5.92. The Morgan fingerprint density at radius 2 is 1.21 bits per heavy atom. The molecule has 0 aliphatic carbocycles. The quantitative estimate of drug-likeness (QED) is 0.310. The molecule has 0 aliphatic heterocycles. The van der Waals surface area contributed by atoms with Gasteiger partial charge in [0.05, 0.1) is 5.52 Å². The number of fused-ring (bicyclic) bond motifs is 3. The third-order valence-corrected chi connectivity index (χ3v) is 6.86. The van der Waals surface area contributed by atoms with E-state index < -0.39 is 0 Å². The molecule has 3 heterocycles. The van der Waals surface area contributed by atoms with E-state index in [0.29, 0.717) is 0 Å². The van der Waals surface area contributed by atoms with E-state index in [1.54, 1.807) is 11.5 Å². The van der Waals surface area contributed by atoms with Crippen molar-refractivity contribution in [2.24, 2.45) is 0 Å². The maximum absolute atomic E-state index is 12.6. The fourth-order valence-corrected chi connectivity index (χ4v) is 5.49. The fraction of sp³-hybridized carbons (Fsp3) is 0.138. The largest absolute Gasteiger partial charge is 0.358 e. The van der Waals surface area contributed by atoms with Gasteiger partial charge in [0, 0.05) is 57.6 Å². The number of aromatic amines is 2. The zero-order chi connectivity index (χ0) is 22.7. The van der Waals surface area contributed by atoms with Gasteiger partial charge in [-0.15, -0.1) is 0 Å². The van der Waals surface area contributed by atoms with Gasteiger partial charge in [0.15, 0.2) is 0 Å². The highest BCUT2D eigenvalue weighted by molar-refractivity contribution is 5.97. The topological polar surface area (TPSA) is 53.6 Å². The molecule has 33 heavy (non-hydrogen) atoms. The summed E-state index contributed by atoms with van der Waals surface area (Å²) in [4.78, 5) is 19.8. The maximum atomic E-state index is 12.6. The number of benzene rings is 3. The summed E-state index contributed by atoms with van der Waals surface area (Å²) in [7, 11) is 0. The zero-order valence-corrected chi connectivity index (χ0v) is 18.9. The van der Waals surface area contributed by atoms with Crippen LogP contribution in [0.4, 0.5) is 0 Å². The van der Waals surface area contributed by atoms with Crippen LogP contribution in [0.1, 0.15) is 45.7 Å². The Kier molecular flexibility index (Phi) is 4.31. The Balaban J connectivity index is 1.77. The monoisotopic (exact) mass is 431 g/mol. The molecule has 3 aromatic carbocycles. The molecule has 4 nitrogen and oxygen atoms in total. The molecule has 0 amide bonds. The molecule has 6 rings (SSSR count). The molecule has 0 bridgehead atoms. The van der Waals surface area contributed by atoms with E-state index in [1.165, 1.54) is 21.9 Å². The summed E-state index contributed by atoms with van der Waals surface area (Å²) in [6.07, 6.45) is 2.04. The lowest BCUT2D eigenvalue weighted by Gasteiger charge is -2.19. The zero-order valence-electron chi connectivity index (χ0n) is 18.9. The molecular weight excluding hydrogens is 406 g/mol. The minimum Gasteiger partial charge on any atom is -0.358 e. The lowest BCUT2D eigenvalue weighted by Crippen LogP contribution is -2.07. The van der Waals surface area contributed by atoms with Gasteiger partial charge in [-0.1, -0.05) is 54.6 Å². The van der Waals surface area contributed by atoms with Gasteiger partial charge in [-0.3, -0.25) is 9.36 Å². The van der Waals surface area contributed by atoms with Crippen molar-refractivity contribution in [1.82, 2.24) is 14.5 Å². The van der Waals surface area contributed by atoms with Crippen molar-refractivity contribution in [2.45, 2.75) is 26.7 Å². The van der Waals surface area contributed by atoms with Crippen molar-refractivity contribution >= 4 is 38.6 Å². The number of nitrogens with one attached hydrogen (secondary N) is 2.